The van der Waals surface area contributed by atoms with Crippen LogP contribution in [-0.2, 0) is 9.47 Å². The molecule has 0 saturated carbocycles. The standard InChI is InChI=1S/C14H28N2O2/c1-3-6-15-14-11-17-10-12(14)8-16(2)9-13-5-4-7-18-13/h12-15H,3-11H2,1-2H3. The van der Waals surface area contributed by atoms with E-state index in [4.69, 9.17) is 9.47 Å². The summed E-state index contributed by atoms with van der Waals surface area (Å²) in [6.07, 6.45) is 4.10. The molecular formula is C14H28N2O2. The molecule has 0 aromatic rings. The van der Waals surface area contributed by atoms with Crippen molar-refractivity contribution in [2.24, 2.45) is 5.92 Å². The monoisotopic (exact) mass is 256 g/mol. The van der Waals surface area contributed by atoms with Gasteiger partial charge >= 0.3 is 0 Å². The molecule has 0 spiro atoms. The molecule has 0 aromatic carbocycles. The lowest BCUT2D eigenvalue weighted by atomic mass is 10.0. The van der Waals surface area contributed by atoms with Gasteiger partial charge in [-0.2, -0.15) is 0 Å². The summed E-state index contributed by atoms with van der Waals surface area (Å²) in [6, 6.07) is 0.539. The van der Waals surface area contributed by atoms with Gasteiger partial charge < -0.3 is 19.7 Å². The highest BCUT2D eigenvalue weighted by molar-refractivity contribution is 4.83. The SMILES string of the molecule is CCCNC1COCC1CN(C)CC1CCCO1. The molecule has 3 atom stereocenters. The van der Waals surface area contributed by atoms with E-state index < -0.39 is 0 Å². The number of nitrogens with zero attached hydrogens (tertiary/aromatic N) is 1. The molecular weight excluding hydrogens is 228 g/mol. The molecule has 4 heteroatoms. The highest BCUT2D eigenvalue weighted by Gasteiger charge is 2.29. The zero-order chi connectivity index (χ0) is 12.8. The first kappa shape index (κ1) is 14.3. The van der Waals surface area contributed by atoms with Crippen molar-refractivity contribution in [3.05, 3.63) is 0 Å². The number of rotatable bonds is 7. The molecule has 3 unspecified atom stereocenters. The Hall–Kier alpha value is -0.160. The lowest BCUT2D eigenvalue weighted by Gasteiger charge is -2.26. The quantitative estimate of drug-likeness (QED) is 0.740. The molecule has 18 heavy (non-hydrogen) atoms. The highest BCUT2D eigenvalue weighted by atomic mass is 16.5. The second-order valence-electron chi connectivity index (χ2n) is 5.71. The van der Waals surface area contributed by atoms with E-state index in [2.05, 4.69) is 24.2 Å². The fourth-order valence-corrected chi connectivity index (χ4v) is 2.94. The van der Waals surface area contributed by atoms with Crippen LogP contribution in [0.15, 0.2) is 0 Å². The van der Waals surface area contributed by atoms with E-state index in [1.807, 2.05) is 0 Å². The molecule has 0 aliphatic carbocycles. The molecule has 1 N–H and O–H groups in total. The van der Waals surface area contributed by atoms with Crippen molar-refractivity contribution in [2.45, 2.75) is 38.3 Å². The van der Waals surface area contributed by atoms with E-state index in [0.717, 1.165) is 39.5 Å². The van der Waals surface area contributed by atoms with Crippen LogP contribution >= 0.6 is 0 Å². The summed E-state index contributed by atoms with van der Waals surface area (Å²) in [5, 5.41) is 3.60. The Balaban J connectivity index is 1.69. The summed E-state index contributed by atoms with van der Waals surface area (Å²) in [7, 11) is 2.21. The van der Waals surface area contributed by atoms with Crippen LogP contribution in [0.3, 0.4) is 0 Å². The Morgan fingerprint density at radius 1 is 1.28 bits per heavy atom. The predicted octanol–water partition coefficient (Wildman–Crippen LogP) is 1.11. The molecule has 2 heterocycles. The van der Waals surface area contributed by atoms with Crippen LogP contribution in [0.25, 0.3) is 0 Å². The summed E-state index contributed by atoms with van der Waals surface area (Å²) >= 11 is 0. The molecule has 2 aliphatic rings. The summed E-state index contributed by atoms with van der Waals surface area (Å²) in [5.41, 5.74) is 0. The second-order valence-corrected chi connectivity index (χ2v) is 5.71. The molecule has 2 saturated heterocycles. The normalized spacial score (nSPS) is 32.5. The van der Waals surface area contributed by atoms with Crippen LogP contribution in [0.1, 0.15) is 26.2 Å². The first-order chi connectivity index (χ1) is 8.79. The van der Waals surface area contributed by atoms with Gasteiger partial charge in [0.1, 0.15) is 0 Å². The Morgan fingerprint density at radius 2 is 2.17 bits per heavy atom. The zero-order valence-electron chi connectivity index (χ0n) is 11.9. The first-order valence-corrected chi connectivity index (χ1v) is 7.41. The van der Waals surface area contributed by atoms with Gasteiger partial charge in [-0.15, -0.1) is 0 Å². The molecule has 0 bridgehead atoms. The fraction of sp³-hybridized carbons (Fsp3) is 1.00. The van der Waals surface area contributed by atoms with Crippen molar-refractivity contribution < 1.29 is 9.47 Å². The van der Waals surface area contributed by atoms with Crippen LogP contribution < -0.4 is 5.32 Å². The summed E-state index contributed by atoms with van der Waals surface area (Å²) in [4.78, 5) is 2.41. The lowest BCUT2D eigenvalue weighted by molar-refractivity contribution is 0.0745. The molecule has 106 valence electrons. The maximum Gasteiger partial charge on any atom is 0.0702 e. The Morgan fingerprint density at radius 3 is 2.89 bits per heavy atom. The maximum atomic E-state index is 5.69. The molecule has 4 nitrogen and oxygen atoms in total. The maximum absolute atomic E-state index is 5.69. The van der Waals surface area contributed by atoms with E-state index >= 15 is 0 Å². The third-order valence-electron chi connectivity index (χ3n) is 3.94. The minimum atomic E-state index is 0.458. The molecule has 0 radical (unpaired) electrons. The van der Waals surface area contributed by atoms with E-state index in [9.17, 15) is 0 Å². The number of ether oxygens (including phenoxy) is 2. The first-order valence-electron chi connectivity index (χ1n) is 7.41. The van der Waals surface area contributed by atoms with Crippen molar-refractivity contribution in [3.8, 4) is 0 Å². The second kappa shape index (κ2) is 7.43. The fourth-order valence-electron chi connectivity index (χ4n) is 2.94. The third-order valence-corrected chi connectivity index (χ3v) is 3.94. The molecule has 2 fully saturated rings. The van der Waals surface area contributed by atoms with Gasteiger partial charge in [-0.1, -0.05) is 6.92 Å². The van der Waals surface area contributed by atoms with Crippen molar-refractivity contribution in [1.29, 1.82) is 0 Å². The van der Waals surface area contributed by atoms with Gasteiger partial charge in [-0.3, -0.25) is 0 Å². The number of nitrogens with one attached hydrogen (secondary N) is 1. The Kier molecular flexibility index (Phi) is 5.89. The largest absolute Gasteiger partial charge is 0.379 e. The number of hydrogen-bond acceptors (Lipinski definition) is 4. The number of likely N-dealkylation sites (N-methyl/N-ethyl adjacent to an activating group) is 1. The van der Waals surface area contributed by atoms with E-state index in [-0.39, 0.29) is 0 Å². The average Bonchev–Trinajstić information content (AvgIpc) is 2.98. The Bertz CT molecular complexity index is 232. The highest BCUT2D eigenvalue weighted by Crippen LogP contribution is 2.17. The molecule has 2 rings (SSSR count). The van der Waals surface area contributed by atoms with Crippen LogP contribution in [0.4, 0.5) is 0 Å². The minimum absolute atomic E-state index is 0.458. The van der Waals surface area contributed by atoms with Gasteiger partial charge in [-0.05, 0) is 32.9 Å². The molecule has 2 aliphatic heterocycles. The van der Waals surface area contributed by atoms with Gasteiger partial charge in [0.15, 0.2) is 0 Å². The average molecular weight is 256 g/mol. The summed E-state index contributed by atoms with van der Waals surface area (Å²) in [6.45, 7) is 8.21. The molecule has 0 amide bonds. The van der Waals surface area contributed by atoms with Gasteiger partial charge in [0, 0.05) is 31.7 Å². The molecule has 0 aromatic heterocycles. The van der Waals surface area contributed by atoms with Crippen LogP contribution in [0.2, 0.25) is 0 Å². The van der Waals surface area contributed by atoms with E-state index in [0.29, 0.717) is 18.1 Å². The number of hydrogen-bond donors (Lipinski definition) is 1. The van der Waals surface area contributed by atoms with E-state index in [1.54, 1.807) is 0 Å². The summed E-state index contributed by atoms with van der Waals surface area (Å²) < 4.78 is 11.3. The third kappa shape index (κ3) is 4.19. The Labute approximate surface area is 111 Å². The summed E-state index contributed by atoms with van der Waals surface area (Å²) in [5.74, 6) is 0.628. The van der Waals surface area contributed by atoms with Crippen molar-refractivity contribution in [3.63, 3.8) is 0 Å². The van der Waals surface area contributed by atoms with Crippen molar-refractivity contribution >= 4 is 0 Å². The zero-order valence-corrected chi connectivity index (χ0v) is 11.9. The van der Waals surface area contributed by atoms with Crippen LogP contribution in [-0.4, -0.2) is 63.5 Å². The predicted molar refractivity (Wildman–Crippen MR) is 72.9 cm³/mol. The van der Waals surface area contributed by atoms with Gasteiger partial charge in [0.2, 0.25) is 0 Å². The van der Waals surface area contributed by atoms with E-state index in [1.165, 1.54) is 19.3 Å². The van der Waals surface area contributed by atoms with Gasteiger partial charge in [0.25, 0.3) is 0 Å². The minimum Gasteiger partial charge on any atom is -0.379 e. The van der Waals surface area contributed by atoms with Gasteiger partial charge in [-0.25, -0.2) is 0 Å². The van der Waals surface area contributed by atoms with Gasteiger partial charge in [0.05, 0.1) is 19.3 Å². The smallest absolute Gasteiger partial charge is 0.0702 e. The van der Waals surface area contributed by atoms with Crippen LogP contribution in [0.5, 0.6) is 0 Å². The lowest BCUT2D eigenvalue weighted by Crippen LogP contribution is -2.42. The topological polar surface area (TPSA) is 33.7 Å². The van der Waals surface area contributed by atoms with Crippen LogP contribution in [0, 0.1) is 5.92 Å². The van der Waals surface area contributed by atoms with Crippen molar-refractivity contribution in [2.75, 3.05) is 46.5 Å². The van der Waals surface area contributed by atoms with Crippen molar-refractivity contribution in [1.82, 2.24) is 10.2 Å².